The highest BCUT2D eigenvalue weighted by atomic mass is 16.5. The highest BCUT2D eigenvalue weighted by Gasteiger charge is 2.37. The second kappa shape index (κ2) is 30.2. The maximum absolute atomic E-state index is 13.2. The van der Waals surface area contributed by atoms with Gasteiger partial charge < -0.3 is 38.7 Å². The number of para-hydroxylation sites is 2. The van der Waals surface area contributed by atoms with Gasteiger partial charge in [-0.3, -0.25) is 0 Å². The lowest BCUT2D eigenvalue weighted by atomic mass is 9.94. The normalized spacial score (nSPS) is 14.0. The molecule has 2 atom stereocenters. The Morgan fingerprint density at radius 3 is 1.58 bits per heavy atom. The minimum Gasteiger partial charge on any atom is -0.461 e. The molecule has 15 nitrogen and oxygen atoms in total. The van der Waals surface area contributed by atoms with Gasteiger partial charge in [0.05, 0.1) is 36.7 Å². The average Bonchev–Trinajstić information content (AvgIpc) is 3.07. The number of nitrogens with zero attached hydrogens (tertiary/aromatic N) is 5. The number of isocyanates is 1. The van der Waals surface area contributed by atoms with Crippen LogP contribution in [0.5, 0.6) is 0 Å². The minimum absolute atomic E-state index is 0.0154. The van der Waals surface area contributed by atoms with Crippen LogP contribution in [0.4, 0.5) is 4.79 Å². The summed E-state index contributed by atoms with van der Waals surface area (Å²) < 4.78 is 22.7. The first-order valence-corrected chi connectivity index (χ1v) is 29.4. The zero-order chi connectivity index (χ0) is 59.6. The number of ether oxygens (including phenoxy) is 2. The van der Waals surface area contributed by atoms with Gasteiger partial charge in [0.25, 0.3) is 0 Å². The van der Waals surface area contributed by atoms with Crippen LogP contribution >= 0.6 is 0 Å². The number of rotatable bonds is 17. The van der Waals surface area contributed by atoms with Crippen LogP contribution < -0.4 is 10.6 Å². The molecule has 0 unspecified atom stereocenters. The number of nitrogens with one attached hydrogen (secondary N) is 2. The Bertz CT molecular complexity index is 3450. The number of aromatic nitrogens is 2. The standard InChI is InChI=1S/C31H33N3O4.C27H26N2O3.C6H15N.C4H7NO/c1-5-10-25-28-23(18-34(25)31(36)32-19(3)4)16-24(30(35)37-6-2)33-29(28)22-13-9-12-20(15-22)27-17-21-11-7-8-14-26(21)38-27;1-3-8-21-25-20(16-28-21)14-22(27(30)31-4-2)29-26(25)19-11-7-10-17(13-19)24-15-18-9-5-6-12-23(18)32-24;1-4-7(5-2)6-3;1-4(2)5-3-6/h7-9,11-17,19,25H,5-6,10,18H2,1-4H3,(H,32,36);5-7,9-15,21,28H,3-4,8,16H2,1-2H3;4-6H2,1-3H3;4H,1-2H3/t25-;21-;;/m11../s1. The van der Waals surface area contributed by atoms with Crippen molar-refractivity contribution < 1.29 is 37.5 Å². The number of urea groups is 1. The number of furan rings is 2. The summed E-state index contributed by atoms with van der Waals surface area (Å²) in [5.74, 6) is 0.717. The predicted molar refractivity (Wildman–Crippen MR) is 330 cm³/mol. The lowest BCUT2D eigenvalue weighted by Gasteiger charge is -2.27. The quantitative estimate of drug-likeness (QED) is 0.0501. The zero-order valence-electron chi connectivity index (χ0n) is 50.1. The lowest BCUT2D eigenvalue weighted by Crippen LogP contribution is -2.42. The number of carbonyl (C=O) groups excluding carboxylic acids is 4. The third-order valence-electron chi connectivity index (χ3n) is 14.4. The van der Waals surface area contributed by atoms with E-state index in [0.717, 1.165) is 110 Å². The zero-order valence-corrected chi connectivity index (χ0v) is 50.1. The van der Waals surface area contributed by atoms with Crippen LogP contribution in [0.25, 0.3) is 67.1 Å². The molecule has 2 N–H and O–H groups in total. The Labute approximate surface area is 488 Å². The van der Waals surface area contributed by atoms with Gasteiger partial charge in [-0.1, -0.05) is 120 Å². The van der Waals surface area contributed by atoms with Crippen LogP contribution in [0.2, 0.25) is 0 Å². The van der Waals surface area contributed by atoms with Gasteiger partial charge in [0.15, 0.2) is 0 Å². The molecule has 0 bridgehead atoms. The van der Waals surface area contributed by atoms with Crippen LogP contribution in [0, 0.1) is 0 Å². The van der Waals surface area contributed by atoms with Crippen molar-refractivity contribution >= 4 is 46.0 Å². The molecular formula is C68H81N7O8. The molecule has 4 aromatic carbocycles. The van der Waals surface area contributed by atoms with Crippen molar-refractivity contribution in [1.29, 1.82) is 0 Å². The maximum atomic E-state index is 13.2. The molecule has 2 amide bonds. The summed E-state index contributed by atoms with van der Waals surface area (Å²) in [6, 6.07) is 39.9. The van der Waals surface area contributed by atoms with E-state index in [4.69, 9.17) is 28.3 Å². The summed E-state index contributed by atoms with van der Waals surface area (Å²) in [5.41, 5.74) is 11.8. The molecule has 436 valence electrons. The molecule has 0 spiro atoms. The van der Waals surface area contributed by atoms with Crippen LogP contribution in [-0.4, -0.2) is 88.7 Å². The summed E-state index contributed by atoms with van der Waals surface area (Å²) >= 11 is 0. The summed E-state index contributed by atoms with van der Waals surface area (Å²) in [6.07, 6.45) is 5.21. The second-order valence-corrected chi connectivity index (χ2v) is 20.9. The summed E-state index contributed by atoms with van der Waals surface area (Å²) in [6.45, 7) is 27.3. The van der Waals surface area contributed by atoms with E-state index >= 15 is 0 Å². The van der Waals surface area contributed by atoms with Crippen LogP contribution in [0.15, 0.2) is 135 Å². The number of hydrogen-bond acceptors (Lipinski definition) is 13. The number of benzene rings is 4. The van der Waals surface area contributed by atoms with Crippen LogP contribution in [0.3, 0.4) is 0 Å². The van der Waals surface area contributed by atoms with E-state index in [-0.39, 0.29) is 48.5 Å². The molecule has 83 heavy (non-hydrogen) atoms. The van der Waals surface area contributed by atoms with Crippen molar-refractivity contribution in [2.24, 2.45) is 4.99 Å². The van der Waals surface area contributed by atoms with E-state index < -0.39 is 5.97 Å². The fourth-order valence-corrected chi connectivity index (χ4v) is 10.4. The van der Waals surface area contributed by atoms with Crippen molar-refractivity contribution in [2.45, 2.75) is 139 Å². The van der Waals surface area contributed by atoms with E-state index in [0.29, 0.717) is 24.5 Å². The Morgan fingerprint density at radius 1 is 0.651 bits per heavy atom. The van der Waals surface area contributed by atoms with Crippen LogP contribution in [0.1, 0.15) is 157 Å². The van der Waals surface area contributed by atoms with E-state index in [1.807, 2.05) is 143 Å². The molecular weight excluding hydrogens is 1040 g/mol. The number of fused-ring (bicyclic) bond motifs is 4. The third kappa shape index (κ3) is 15.7. The minimum atomic E-state index is -0.470. The number of amides is 2. The molecule has 8 aromatic rings. The van der Waals surface area contributed by atoms with Gasteiger partial charge in [0.1, 0.15) is 34.1 Å². The smallest absolute Gasteiger partial charge is 0.356 e. The molecule has 0 aliphatic carbocycles. The fraction of sp³-hybridized carbons (Fsp3) is 0.382. The predicted octanol–water partition coefficient (Wildman–Crippen LogP) is 15.5. The first kappa shape index (κ1) is 62.4. The van der Waals surface area contributed by atoms with E-state index in [1.165, 1.54) is 31.3 Å². The molecule has 15 heteroatoms. The number of hydrogen-bond donors (Lipinski definition) is 2. The summed E-state index contributed by atoms with van der Waals surface area (Å²) in [7, 11) is 0. The van der Waals surface area contributed by atoms with E-state index in [2.05, 4.69) is 67.3 Å². The van der Waals surface area contributed by atoms with Gasteiger partial charge >= 0.3 is 18.0 Å². The largest absolute Gasteiger partial charge is 0.461 e. The number of carbonyl (C=O) groups is 3. The van der Waals surface area contributed by atoms with E-state index in [1.54, 1.807) is 13.0 Å². The average molecular weight is 1120 g/mol. The van der Waals surface area contributed by atoms with Crippen molar-refractivity contribution in [2.75, 3.05) is 32.8 Å². The number of aliphatic imine (C=N–C) groups is 1. The van der Waals surface area contributed by atoms with Gasteiger partial charge in [0.2, 0.25) is 6.08 Å². The Balaban J connectivity index is 0.000000198. The molecule has 0 fully saturated rings. The van der Waals surface area contributed by atoms with Gasteiger partial charge in [-0.2, -0.15) is 0 Å². The fourth-order valence-electron chi connectivity index (χ4n) is 10.4. The molecule has 0 radical (unpaired) electrons. The van der Waals surface area contributed by atoms with Crippen molar-refractivity contribution in [3.63, 3.8) is 0 Å². The van der Waals surface area contributed by atoms with Gasteiger partial charge in [-0.25, -0.2) is 34.1 Å². The van der Waals surface area contributed by atoms with Crippen molar-refractivity contribution in [1.82, 2.24) is 30.4 Å². The first-order valence-electron chi connectivity index (χ1n) is 29.4. The summed E-state index contributed by atoms with van der Waals surface area (Å²) in [4.78, 5) is 65.0. The van der Waals surface area contributed by atoms with Gasteiger partial charge in [0, 0.05) is 63.8 Å². The molecule has 2 aliphatic rings. The van der Waals surface area contributed by atoms with Crippen LogP contribution in [-0.2, 0) is 27.4 Å². The number of esters is 2. The molecule has 0 saturated carbocycles. The second-order valence-electron chi connectivity index (χ2n) is 20.9. The number of pyridine rings is 2. The molecule has 4 aromatic heterocycles. The van der Waals surface area contributed by atoms with Gasteiger partial charge in [-0.15, -0.1) is 0 Å². The Hall–Kier alpha value is -8.23. The van der Waals surface area contributed by atoms with Gasteiger partial charge in [-0.05, 0) is 139 Å². The van der Waals surface area contributed by atoms with Crippen molar-refractivity contribution in [3.05, 3.63) is 155 Å². The third-order valence-corrected chi connectivity index (χ3v) is 14.4. The highest BCUT2D eigenvalue weighted by molar-refractivity contribution is 5.91. The molecule has 10 rings (SSSR count). The molecule has 0 saturated heterocycles. The Kier molecular flexibility index (Phi) is 22.7. The lowest BCUT2D eigenvalue weighted by molar-refractivity contribution is 0.0510. The van der Waals surface area contributed by atoms with Crippen molar-refractivity contribution in [3.8, 4) is 45.2 Å². The summed E-state index contributed by atoms with van der Waals surface area (Å²) in [5, 5.41) is 8.72. The maximum Gasteiger partial charge on any atom is 0.356 e. The van der Waals surface area contributed by atoms with E-state index in [9.17, 15) is 19.2 Å². The monoisotopic (exact) mass is 1120 g/mol. The molecule has 2 aliphatic heterocycles. The first-order chi connectivity index (χ1) is 40.2. The SMILES string of the molecule is CC(C)N=C=O.CCC[C@@H]1c2c(cc(C(=O)OCC)nc2-c2cccc(-c3cc4ccccc4o3)c2)CN1C(=O)NC(C)C.CCC[C@H]1NCc2cc(C(=O)OCC)nc(-c3cccc(-c4cc5ccccc5o4)c3)c21.CCN(CC)CC. The molecule has 6 heterocycles. The highest BCUT2D eigenvalue weighted by Crippen LogP contribution is 2.44. The Morgan fingerprint density at radius 2 is 1.14 bits per heavy atom. The topological polar surface area (TPSA) is 182 Å².